The number of aliphatic hydroxyl groups excluding tert-OH is 8. The summed E-state index contributed by atoms with van der Waals surface area (Å²) in [6, 6.07) is 10.6. The van der Waals surface area contributed by atoms with E-state index >= 15 is 0 Å². The number of rotatable bonds is 2. The van der Waals surface area contributed by atoms with Crippen molar-refractivity contribution in [2.75, 3.05) is 13.2 Å². The Balaban J connectivity index is 1.62. The van der Waals surface area contributed by atoms with Gasteiger partial charge in [-0.3, -0.25) is 0 Å². The highest BCUT2D eigenvalue weighted by atomic mass is 16.5. The highest BCUT2D eigenvalue weighted by Crippen LogP contribution is 2.25. The molecule has 8 N–H and O–H groups in total. The molecule has 0 radical (unpaired) electrons. The molecule has 0 spiro atoms. The molecule has 36 heavy (non-hydrogen) atoms. The lowest BCUT2D eigenvalue weighted by molar-refractivity contribution is -0.214. The molecule has 2 heterocycles. The number of fused-ring (bicyclic) bond motifs is 1. The first kappa shape index (κ1) is 26.5. The summed E-state index contributed by atoms with van der Waals surface area (Å²) in [4.78, 5) is 0. The molecule has 0 bridgehead atoms. The highest BCUT2D eigenvalue weighted by Gasteiger charge is 2.43. The van der Waals surface area contributed by atoms with E-state index in [9.17, 15) is 40.9 Å². The Morgan fingerprint density at radius 2 is 0.944 bits per heavy atom. The van der Waals surface area contributed by atoms with Gasteiger partial charge in [0.2, 0.25) is 0 Å². The summed E-state index contributed by atoms with van der Waals surface area (Å²) in [6.45, 7) is -1.10. The van der Waals surface area contributed by atoms with Crippen LogP contribution in [-0.2, 0) is 9.47 Å². The molecule has 2 fully saturated rings. The second-order valence-electron chi connectivity index (χ2n) is 8.74. The molecule has 10 heteroatoms. The van der Waals surface area contributed by atoms with Crippen LogP contribution in [0.25, 0.3) is 10.8 Å². The van der Waals surface area contributed by atoms with Crippen LogP contribution in [0.5, 0.6) is 0 Å². The molecule has 2 aliphatic rings. The van der Waals surface area contributed by atoms with Crippen LogP contribution >= 0.6 is 0 Å². The molecule has 10 nitrogen and oxygen atoms in total. The largest absolute Gasteiger partial charge is 0.394 e. The van der Waals surface area contributed by atoms with Crippen molar-refractivity contribution in [1.82, 2.24) is 0 Å². The summed E-state index contributed by atoms with van der Waals surface area (Å²) in [5.74, 6) is 11.4. The zero-order chi connectivity index (χ0) is 26.0. The van der Waals surface area contributed by atoms with E-state index in [2.05, 4.69) is 23.7 Å². The fourth-order valence-electron chi connectivity index (χ4n) is 4.27. The van der Waals surface area contributed by atoms with Gasteiger partial charge in [0.15, 0.2) is 0 Å². The van der Waals surface area contributed by atoms with Gasteiger partial charge in [0, 0.05) is 11.1 Å². The first-order valence-electron chi connectivity index (χ1n) is 11.4. The smallest absolute Gasteiger partial charge is 0.147 e. The zero-order valence-electron chi connectivity index (χ0n) is 19.0. The average Bonchev–Trinajstić information content (AvgIpc) is 2.89. The van der Waals surface area contributed by atoms with Gasteiger partial charge < -0.3 is 50.3 Å². The third kappa shape index (κ3) is 5.11. The first-order valence-corrected chi connectivity index (χ1v) is 11.4. The van der Waals surface area contributed by atoms with E-state index in [-0.39, 0.29) is 0 Å². The number of benzene rings is 2. The Morgan fingerprint density at radius 3 is 1.31 bits per heavy atom. The van der Waals surface area contributed by atoms with Gasteiger partial charge in [-0.2, -0.15) is 0 Å². The van der Waals surface area contributed by atoms with Crippen LogP contribution < -0.4 is 0 Å². The SMILES string of the molecule is OC[C@H]1O[C@H](C#Cc2cccc3c(C#C[C@H]4O[C@H](CO)[C@@H](O)[C@H](O)[C@@H]4O)cccc23)[C@@H](O)[C@@H](O)[C@@H]1O. The highest BCUT2D eigenvalue weighted by molar-refractivity contribution is 5.92. The Hall–Kier alpha value is -2.58. The van der Waals surface area contributed by atoms with Crippen molar-refractivity contribution in [3.8, 4) is 23.7 Å². The van der Waals surface area contributed by atoms with Crippen LogP contribution in [0.3, 0.4) is 0 Å². The molecule has 0 unspecified atom stereocenters. The predicted octanol–water partition coefficient (Wildman–Crippen LogP) is -2.77. The number of ether oxygens (including phenoxy) is 2. The molecule has 192 valence electrons. The molecule has 10 atom stereocenters. The van der Waals surface area contributed by atoms with E-state index in [1.807, 2.05) is 12.1 Å². The Bertz CT molecular complexity index is 1100. The van der Waals surface area contributed by atoms with Gasteiger partial charge in [-0.1, -0.05) is 47.9 Å². The van der Waals surface area contributed by atoms with Crippen LogP contribution in [0, 0.1) is 23.7 Å². The van der Waals surface area contributed by atoms with E-state index in [1.165, 1.54) is 0 Å². The second-order valence-corrected chi connectivity index (χ2v) is 8.74. The van der Waals surface area contributed by atoms with Crippen LogP contribution in [0.4, 0.5) is 0 Å². The molecule has 0 saturated carbocycles. The molecular formula is C26H28O10. The fraction of sp³-hybridized carbons (Fsp3) is 0.462. The molecule has 2 saturated heterocycles. The number of aliphatic hydroxyl groups is 8. The van der Waals surface area contributed by atoms with Crippen molar-refractivity contribution in [1.29, 1.82) is 0 Å². The van der Waals surface area contributed by atoms with Gasteiger partial charge in [0.25, 0.3) is 0 Å². The second kappa shape index (κ2) is 11.2. The van der Waals surface area contributed by atoms with E-state index in [4.69, 9.17) is 9.47 Å². The monoisotopic (exact) mass is 500 g/mol. The van der Waals surface area contributed by atoms with Gasteiger partial charge in [0.05, 0.1) is 13.2 Å². The lowest BCUT2D eigenvalue weighted by Gasteiger charge is -2.37. The molecule has 2 aliphatic heterocycles. The lowest BCUT2D eigenvalue weighted by atomic mass is 9.94. The van der Waals surface area contributed by atoms with Crippen molar-refractivity contribution in [3.05, 3.63) is 47.5 Å². The standard InChI is InChI=1S/C26H28O10/c27-11-19-23(31)25(33)21(29)17(35-19)9-7-13-3-1-5-15-14(4-2-6-16(13)15)8-10-18-22(30)26(34)24(32)20(12-28)36-18/h1-6,17-34H,11-12H2/t17-,18-,19-,20-,21-,22-,23-,24-,25-,26-/m1/s1. The normalized spacial score (nSPS) is 36.4. The summed E-state index contributed by atoms with van der Waals surface area (Å²) in [5.41, 5.74) is 1.14. The zero-order valence-corrected chi connectivity index (χ0v) is 19.0. The molecule has 0 amide bonds. The third-order valence-electron chi connectivity index (χ3n) is 6.40. The van der Waals surface area contributed by atoms with Gasteiger partial charge in [0.1, 0.15) is 61.0 Å². The van der Waals surface area contributed by atoms with E-state index in [0.29, 0.717) is 11.1 Å². The van der Waals surface area contributed by atoms with Crippen molar-refractivity contribution in [2.24, 2.45) is 0 Å². The maximum atomic E-state index is 10.2. The Kier molecular flexibility index (Phi) is 8.25. The minimum atomic E-state index is -1.52. The molecule has 2 aromatic rings. The topological polar surface area (TPSA) is 180 Å². The Morgan fingerprint density at radius 1 is 0.556 bits per heavy atom. The summed E-state index contributed by atoms with van der Waals surface area (Å²) in [7, 11) is 0. The van der Waals surface area contributed by atoms with E-state index in [0.717, 1.165) is 10.8 Å². The van der Waals surface area contributed by atoms with E-state index in [1.54, 1.807) is 24.3 Å². The molecular weight excluding hydrogens is 472 g/mol. The lowest BCUT2D eigenvalue weighted by Crippen LogP contribution is -2.58. The van der Waals surface area contributed by atoms with Crippen LogP contribution in [0.2, 0.25) is 0 Å². The van der Waals surface area contributed by atoms with Crippen LogP contribution in [0.15, 0.2) is 36.4 Å². The summed E-state index contributed by atoms with van der Waals surface area (Å²) < 4.78 is 10.9. The molecule has 4 rings (SSSR count). The van der Waals surface area contributed by atoms with Crippen LogP contribution in [0.1, 0.15) is 11.1 Å². The molecule has 0 aliphatic carbocycles. The average molecular weight is 501 g/mol. The van der Waals surface area contributed by atoms with Crippen molar-refractivity contribution in [3.63, 3.8) is 0 Å². The Labute approximate surface area is 207 Å². The first-order chi connectivity index (χ1) is 17.3. The fourth-order valence-corrected chi connectivity index (χ4v) is 4.27. The maximum Gasteiger partial charge on any atom is 0.147 e. The molecule has 2 aromatic carbocycles. The third-order valence-corrected chi connectivity index (χ3v) is 6.40. The van der Waals surface area contributed by atoms with E-state index < -0.39 is 74.3 Å². The summed E-state index contributed by atoms with van der Waals surface area (Å²) in [5, 5.41) is 80.4. The van der Waals surface area contributed by atoms with Gasteiger partial charge >= 0.3 is 0 Å². The maximum absolute atomic E-state index is 10.2. The van der Waals surface area contributed by atoms with Gasteiger partial charge in [-0.25, -0.2) is 0 Å². The van der Waals surface area contributed by atoms with Crippen molar-refractivity contribution >= 4 is 10.8 Å². The number of hydrogen-bond donors (Lipinski definition) is 8. The minimum absolute atomic E-state index is 0.548. The van der Waals surface area contributed by atoms with Crippen LogP contribution in [-0.4, -0.2) is 115 Å². The predicted molar refractivity (Wildman–Crippen MR) is 125 cm³/mol. The minimum Gasteiger partial charge on any atom is -0.394 e. The van der Waals surface area contributed by atoms with Crippen molar-refractivity contribution < 1.29 is 50.3 Å². The van der Waals surface area contributed by atoms with Gasteiger partial charge in [-0.15, -0.1) is 0 Å². The van der Waals surface area contributed by atoms with Gasteiger partial charge in [-0.05, 0) is 22.9 Å². The summed E-state index contributed by atoms with van der Waals surface area (Å²) in [6.07, 6.45) is -13.3. The summed E-state index contributed by atoms with van der Waals surface area (Å²) >= 11 is 0. The quantitative estimate of drug-likeness (QED) is 0.201. The van der Waals surface area contributed by atoms with Crippen molar-refractivity contribution in [2.45, 2.75) is 61.0 Å². The number of hydrogen-bond acceptors (Lipinski definition) is 10. The molecule has 0 aromatic heterocycles.